The predicted molar refractivity (Wildman–Crippen MR) is 86.9 cm³/mol. The quantitative estimate of drug-likeness (QED) is 0.768. The van der Waals surface area contributed by atoms with Crippen LogP contribution in [0, 0.1) is 0 Å². The first-order valence-corrected chi connectivity index (χ1v) is 8.36. The number of aromatic nitrogens is 1. The molecule has 0 saturated heterocycles. The van der Waals surface area contributed by atoms with E-state index in [1.165, 1.54) is 3.97 Å². The van der Waals surface area contributed by atoms with Crippen molar-refractivity contribution in [2.75, 3.05) is 6.54 Å². The zero-order chi connectivity index (χ0) is 15.7. The number of hydrogen-bond donors (Lipinski definition) is 2. The van der Waals surface area contributed by atoms with Gasteiger partial charge in [0.25, 0.3) is 10.0 Å². The van der Waals surface area contributed by atoms with Crippen molar-refractivity contribution in [2.45, 2.75) is 10.9 Å². The Balaban J connectivity index is 2.28. The van der Waals surface area contributed by atoms with Crippen LogP contribution in [0.3, 0.4) is 0 Å². The Morgan fingerprint density at radius 2 is 1.64 bits per heavy atom. The first-order chi connectivity index (χ1) is 10.6. The van der Waals surface area contributed by atoms with E-state index in [0.717, 1.165) is 10.9 Å². The molecule has 0 amide bonds. The molecule has 5 nitrogen and oxygen atoms in total. The lowest BCUT2D eigenvalue weighted by molar-refractivity contribution is 0.588. The molecule has 3 aromatic rings. The third kappa shape index (κ3) is 2.31. The van der Waals surface area contributed by atoms with Crippen LogP contribution in [0.25, 0.3) is 10.9 Å². The van der Waals surface area contributed by atoms with Gasteiger partial charge in [-0.25, -0.2) is 12.4 Å². The van der Waals surface area contributed by atoms with Crippen LogP contribution in [-0.4, -0.2) is 18.9 Å². The molecule has 2 aromatic carbocycles. The highest BCUT2D eigenvalue weighted by Gasteiger charge is 2.22. The summed E-state index contributed by atoms with van der Waals surface area (Å²) in [5.74, 6) is 0. The highest BCUT2D eigenvalue weighted by Crippen LogP contribution is 2.28. The molecule has 0 radical (unpaired) electrons. The van der Waals surface area contributed by atoms with Crippen molar-refractivity contribution in [2.24, 2.45) is 11.5 Å². The molecule has 0 fully saturated rings. The van der Waals surface area contributed by atoms with Gasteiger partial charge in [0.2, 0.25) is 0 Å². The van der Waals surface area contributed by atoms with Gasteiger partial charge >= 0.3 is 0 Å². The number of nitrogens with two attached hydrogens (primary N) is 2. The van der Waals surface area contributed by atoms with Crippen LogP contribution >= 0.6 is 0 Å². The van der Waals surface area contributed by atoms with Crippen molar-refractivity contribution in [3.05, 3.63) is 66.4 Å². The highest BCUT2D eigenvalue weighted by atomic mass is 32.2. The number of hydrogen-bond acceptors (Lipinski definition) is 4. The number of nitrogens with zero attached hydrogens (tertiary/aromatic N) is 1. The van der Waals surface area contributed by atoms with E-state index in [4.69, 9.17) is 11.5 Å². The predicted octanol–water partition coefficient (Wildman–Crippen LogP) is 1.84. The monoisotopic (exact) mass is 315 g/mol. The van der Waals surface area contributed by atoms with Crippen LogP contribution < -0.4 is 11.5 Å². The third-order valence-electron chi connectivity index (χ3n) is 3.66. The minimum Gasteiger partial charge on any atom is -0.329 e. The molecule has 0 spiro atoms. The molecule has 22 heavy (non-hydrogen) atoms. The van der Waals surface area contributed by atoms with Gasteiger partial charge in [-0.05, 0) is 23.8 Å². The number of benzene rings is 2. The van der Waals surface area contributed by atoms with Crippen LogP contribution in [-0.2, 0) is 10.0 Å². The second-order valence-electron chi connectivity index (χ2n) is 5.06. The van der Waals surface area contributed by atoms with Crippen LogP contribution in [0.1, 0.15) is 11.6 Å². The van der Waals surface area contributed by atoms with E-state index < -0.39 is 16.1 Å². The zero-order valence-corrected chi connectivity index (χ0v) is 12.7. The second kappa shape index (κ2) is 5.57. The lowest BCUT2D eigenvalue weighted by Crippen LogP contribution is -2.20. The normalized spacial score (nSPS) is 13.4. The molecule has 0 bridgehead atoms. The number of fused-ring (bicyclic) bond motifs is 1. The Labute approximate surface area is 129 Å². The van der Waals surface area contributed by atoms with Gasteiger partial charge in [0.1, 0.15) is 0 Å². The Morgan fingerprint density at radius 1 is 1.00 bits per heavy atom. The molecule has 0 aliphatic rings. The fourth-order valence-corrected chi connectivity index (χ4v) is 3.90. The number of para-hydroxylation sites is 1. The maximum atomic E-state index is 12.9. The molecule has 1 unspecified atom stereocenters. The van der Waals surface area contributed by atoms with Gasteiger partial charge in [0, 0.05) is 24.2 Å². The summed E-state index contributed by atoms with van der Waals surface area (Å²) < 4.78 is 27.0. The average molecular weight is 315 g/mol. The Morgan fingerprint density at radius 3 is 2.32 bits per heavy atom. The Bertz CT molecular complexity index is 902. The summed E-state index contributed by atoms with van der Waals surface area (Å²) >= 11 is 0. The fourth-order valence-electron chi connectivity index (χ4n) is 2.50. The molecular weight excluding hydrogens is 298 g/mol. The van der Waals surface area contributed by atoms with Crippen LogP contribution in [0.2, 0.25) is 0 Å². The molecule has 0 aliphatic carbocycles. The van der Waals surface area contributed by atoms with E-state index in [2.05, 4.69) is 0 Å². The van der Waals surface area contributed by atoms with Crippen LogP contribution in [0.15, 0.2) is 65.7 Å². The van der Waals surface area contributed by atoms with E-state index in [0.29, 0.717) is 5.52 Å². The largest absolute Gasteiger partial charge is 0.329 e. The van der Waals surface area contributed by atoms with Crippen molar-refractivity contribution >= 4 is 20.9 Å². The lowest BCUT2D eigenvalue weighted by atomic mass is 10.1. The maximum absolute atomic E-state index is 12.9. The van der Waals surface area contributed by atoms with Gasteiger partial charge in [0.05, 0.1) is 10.4 Å². The molecule has 3 rings (SSSR count). The zero-order valence-electron chi connectivity index (χ0n) is 11.9. The first kappa shape index (κ1) is 14.8. The maximum Gasteiger partial charge on any atom is 0.268 e. The summed E-state index contributed by atoms with van der Waals surface area (Å²) in [7, 11) is -3.67. The second-order valence-corrected chi connectivity index (χ2v) is 6.87. The summed E-state index contributed by atoms with van der Waals surface area (Å²) in [6.45, 7) is 0.249. The van der Waals surface area contributed by atoms with Crippen molar-refractivity contribution in [3.63, 3.8) is 0 Å². The van der Waals surface area contributed by atoms with Gasteiger partial charge in [-0.2, -0.15) is 0 Å². The molecule has 114 valence electrons. The van der Waals surface area contributed by atoms with Crippen molar-refractivity contribution < 1.29 is 8.42 Å². The van der Waals surface area contributed by atoms with E-state index in [1.807, 2.05) is 12.1 Å². The van der Waals surface area contributed by atoms with Gasteiger partial charge in [-0.15, -0.1) is 0 Å². The van der Waals surface area contributed by atoms with Gasteiger partial charge < -0.3 is 11.5 Å². The summed E-state index contributed by atoms with van der Waals surface area (Å²) in [5.41, 5.74) is 13.0. The van der Waals surface area contributed by atoms with Crippen molar-refractivity contribution in [1.82, 2.24) is 3.97 Å². The summed E-state index contributed by atoms with van der Waals surface area (Å²) in [6.07, 6.45) is 1.57. The molecular formula is C16H17N3O2S. The topological polar surface area (TPSA) is 91.1 Å². The average Bonchev–Trinajstić information content (AvgIpc) is 2.95. The lowest BCUT2D eigenvalue weighted by Gasteiger charge is -2.07. The number of rotatable bonds is 4. The molecule has 1 heterocycles. The van der Waals surface area contributed by atoms with Gasteiger partial charge in [-0.3, -0.25) is 0 Å². The molecule has 6 heteroatoms. The van der Waals surface area contributed by atoms with E-state index in [-0.39, 0.29) is 11.4 Å². The Kier molecular flexibility index (Phi) is 3.74. The minimum absolute atomic E-state index is 0.239. The standard InChI is InChI=1S/C16H17N3O2S/c17-10-15(18)14-11-19(16-9-5-4-8-13(14)16)22(20,21)12-6-2-1-3-7-12/h1-9,11,15H,10,17-18H2. The first-order valence-electron chi connectivity index (χ1n) is 6.92. The fraction of sp³-hybridized carbons (Fsp3) is 0.125. The van der Waals surface area contributed by atoms with E-state index in [9.17, 15) is 8.42 Å². The van der Waals surface area contributed by atoms with E-state index >= 15 is 0 Å². The molecule has 1 aromatic heterocycles. The summed E-state index contributed by atoms with van der Waals surface area (Å²) in [4.78, 5) is 0.239. The highest BCUT2D eigenvalue weighted by molar-refractivity contribution is 7.90. The molecule has 4 N–H and O–H groups in total. The Hall–Kier alpha value is -2.15. The van der Waals surface area contributed by atoms with Gasteiger partial charge in [-0.1, -0.05) is 36.4 Å². The third-order valence-corrected chi connectivity index (χ3v) is 5.35. The van der Waals surface area contributed by atoms with Gasteiger partial charge in [0.15, 0.2) is 0 Å². The molecule has 0 saturated carbocycles. The summed E-state index contributed by atoms with van der Waals surface area (Å²) in [6, 6.07) is 15.2. The minimum atomic E-state index is -3.67. The smallest absolute Gasteiger partial charge is 0.268 e. The van der Waals surface area contributed by atoms with Crippen molar-refractivity contribution in [3.8, 4) is 0 Å². The van der Waals surface area contributed by atoms with E-state index in [1.54, 1.807) is 48.7 Å². The summed E-state index contributed by atoms with van der Waals surface area (Å²) in [5, 5.41) is 0.806. The van der Waals surface area contributed by atoms with Crippen molar-refractivity contribution in [1.29, 1.82) is 0 Å². The molecule has 0 aliphatic heterocycles. The molecule has 1 atom stereocenters. The van der Waals surface area contributed by atoms with Crippen LogP contribution in [0.5, 0.6) is 0 Å². The SMILES string of the molecule is NCC(N)c1cn(S(=O)(=O)c2ccccc2)c2ccccc12. The van der Waals surface area contributed by atoms with Crippen LogP contribution in [0.4, 0.5) is 0 Å².